The molecule has 1 rings (SSSR count). The highest BCUT2D eigenvalue weighted by Crippen LogP contribution is 2.40. The van der Waals surface area contributed by atoms with Gasteiger partial charge in [-0.15, -0.1) is 0 Å². The van der Waals surface area contributed by atoms with Crippen LogP contribution in [0.1, 0.15) is 20.8 Å². The standard InChI is InChI=1S/C8H11F2NO/c1-7(2,3)5-4-11-6(12)8(5,9)10/h4H,1-3H3,(H,11,12). The van der Waals surface area contributed by atoms with E-state index in [1.165, 1.54) is 0 Å². The molecule has 0 fully saturated rings. The fourth-order valence-electron chi connectivity index (χ4n) is 1.13. The molecule has 0 unspecified atom stereocenters. The number of hydrogen-bond donors (Lipinski definition) is 1. The van der Waals surface area contributed by atoms with Crippen LogP contribution in [0.5, 0.6) is 0 Å². The van der Waals surface area contributed by atoms with Crippen molar-refractivity contribution in [3.8, 4) is 0 Å². The van der Waals surface area contributed by atoms with Crippen LogP contribution in [0, 0.1) is 5.41 Å². The highest BCUT2D eigenvalue weighted by atomic mass is 19.3. The maximum absolute atomic E-state index is 13.0. The summed E-state index contributed by atoms with van der Waals surface area (Å²) < 4.78 is 26.0. The van der Waals surface area contributed by atoms with Crippen molar-refractivity contribution in [3.05, 3.63) is 11.8 Å². The van der Waals surface area contributed by atoms with Crippen LogP contribution in [0.2, 0.25) is 0 Å². The average molecular weight is 175 g/mol. The van der Waals surface area contributed by atoms with Gasteiger partial charge >= 0.3 is 5.92 Å². The smallest absolute Gasteiger partial charge is 0.327 e. The van der Waals surface area contributed by atoms with Crippen molar-refractivity contribution in [1.29, 1.82) is 0 Å². The zero-order valence-electron chi connectivity index (χ0n) is 7.24. The predicted octanol–water partition coefficient (Wildman–Crippen LogP) is 1.68. The van der Waals surface area contributed by atoms with Gasteiger partial charge in [0.25, 0.3) is 5.91 Å². The Morgan fingerprint density at radius 3 is 2.08 bits per heavy atom. The molecule has 1 amide bonds. The highest BCUT2D eigenvalue weighted by molar-refractivity contribution is 5.91. The molecule has 0 spiro atoms. The van der Waals surface area contributed by atoms with E-state index in [-0.39, 0.29) is 5.57 Å². The summed E-state index contributed by atoms with van der Waals surface area (Å²) in [5, 5.41) is 2.02. The fourth-order valence-corrected chi connectivity index (χ4v) is 1.13. The van der Waals surface area contributed by atoms with Gasteiger partial charge < -0.3 is 5.32 Å². The van der Waals surface area contributed by atoms with Crippen LogP contribution in [0.15, 0.2) is 11.8 Å². The largest absolute Gasteiger partial charge is 0.348 e. The first-order chi connectivity index (χ1) is 5.26. The molecule has 12 heavy (non-hydrogen) atoms. The second kappa shape index (κ2) is 2.28. The first kappa shape index (κ1) is 9.16. The van der Waals surface area contributed by atoms with Crippen LogP contribution >= 0.6 is 0 Å². The minimum absolute atomic E-state index is 0.153. The summed E-state index contributed by atoms with van der Waals surface area (Å²) >= 11 is 0. The minimum atomic E-state index is -3.34. The molecule has 0 bridgehead atoms. The Bertz CT molecular complexity index is 250. The molecule has 0 aromatic rings. The molecule has 0 aromatic carbocycles. The van der Waals surface area contributed by atoms with Gasteiger partial charge in [-0.3, -0.25) is 4.79 Å². The maximum Gasteiger partial charge on any atom is 0.348 e. The van der Waals surface area contributed by atoms with Crippen LogP contribution in [0.3, 0.4) is 0 Å². The predicted molar refractivity (Wildman–Crippen MR) is 40.6 cm³/mol. The Labute approximate surface area is 69.6 Å². The summed E-state index contributed by atoms with van der Waals surface area (Å²) in [5.41, 5.74) is -0.831. The van der Waals surface area contributed by atoms with E-state index >= 15 is 0 Å². The maximum atomic E-state index is 13.0. The van der Waals surface area contributed by atoms with Gasteiger partial charge in [0.1, 0.15) is 0 Å². The Morgan fingerprint density at radius 1 is 1.42 bits per heavy atom. The molecular formula is C8H11F2NO. The lowest BCUT2D eigenvalue weighted by Crippen LogP contribution is -2.35. The van der Waals surface area contributed by atoms with E-state index in [0.717, 1.165) is 6.20 Å². The van der Waals surface area contributed by atoms with E-state index in [4.69, 9.17) is 0 Å². The van der Waals surface area contributed by atoms with Crippen molar-refractivity contribution >= 4 is 5.91 Å². The van der Waals surface area contributed by atoms with Gasteiger partial charge in [-0.2, -0.15) is 8.78 Å². The van der Waals surface area contributed by atoms with Crippen molar-refractivity contribution in [1.82, 2.24) is 5.32 Å². The van der Waals surface area contributed by atoms with Crippen molar-refractivity contribution in [3.63, 3.8) is 0 Å². The number of carbonyl (C=O) groups excluding carboxylic acids is 1. The number of amides is 1. The van der Waals surface area contributed by atoms with E-state index in [0.29, 0.717) is 0 Å². The Morgan fingerprint density at radius 2 is 1.92 bits per heavy atom. The second-order valence-electron chi connectivity index (χ2n) is 3.86. The zero-order valence-corrected chi connectivity index (χ0v) is 7.24. The highest BCUT2D eigenvalue weighted by Gasteiger charge is 2.50. The average Bonchev–Trinajstić information content (AvgIpc) is 2.06. The molecule has 1 heterocycles. The topological polar surface area (TPSA) is 29.1 Å². The third-order valence-corrected chi connectivity index (χ3v) is 1.78. The SMILES string of the molecule is CC(C)(C)C1=CNC(=O)C1(F)F. The van der Waals surface area contributed by atoms with E-state index in [1.54, 1.807) is 20.8 Å². The lowest BCUT2D eigenvalue weighted by molar-refractivity contribution is -0.138. The first-order valence-corrected chi connectivity index (χ1v) is 3.66. The van der Waals surface area contributed by atoms with Crippen molar-refractivity contribution in [2.45, 2.75) is 26.7 Å². The van der Waals surface area contributed by atoms with Gasteiger partial charge in [-0.1, -0.05) is 20.8 Å². The molecule has 0 aliphatic carbocycles. The summed E-state index contributed by atoms with van der Waals surface area (Å²) in [6.45, 7) is 4.94. The number of halogens is 2. The lowest BCUT2D eigenvalue weighted by atomic mass is 9.84. The summed E-state index contributed by atoms with van der Waals surface area (Å²) in [6, 6.07) is 0. The molecule has 0 atom stereocenters. The number of rotatable bonds is 0. The number of carbonyl (C=O) groups is 1. The van der Waals surface area contributed by atoms with Gasteiger partial charge in [-0.05, 0) is 5.41 Å². The van der Waals surface area contributed by atoms with E-state index in [9.17, 15) is 13.6 Å². The summed E-state index contributed by atoms with van der Waals surface area (Å²) in [4.78, 5) is 10.6. The van der Waals surface area contributed by atoms with Crippen LogP contribution in [0.25, 0.3) is 0 Å². The minimum Gasteiger partial charge on any atom is -0.327 e. The molecule has 68 valence electrons. The summed E-state index contributed by atoms with van der Waals surface area (Å²) in [6.07, 6.45) is 1.10. The molecule has 0 radical (unpaired) electrons. The van der Waals surface area contributed by atoms with Crippen molar-refractivity contribution in [2.24, 2.45) is 5.41 Å². The number of hydrogen-bond acceptors (Lipinski definition) is 1. The van der Waals surface area contributed by atoms with Crippen LogP contribution in [-0.4, -0.2) is 11.8 Å². The molecule has 1 aliphatic heterocycles. The van der Waals surface area contributed by atoms with Crippen LogP contribution in [0.4, 0.5) is 8.78 Å². The molecule has 1 N–H and O–H groups in total. The van der Waals surface area contributed by atoms with Gasteiger partial charge in [-0.25, -0.2) is 0 Å². The monoisotopic (exact) mass is 175 g/mol. The molecule has 2 nitrogen and oxygen atoms in total. The van der Waals surface area contributed by atoms with Gasteiger partial charge in [0.2, 0.25) is 0 Å². The van der Waals surface area contributed by atoms with Gasteiger partial charge in [0, 0.05) is 11.8 Å². The Hall–Kier alpha value is -0.930. The lowest BCUT2D eigenvalue weighted by Gasteiger charge is -2.23. The number of alkyl halides is 2. The molecule has 0 saturated carbocycles. The third kappa shape index (κ3) is 1.21. The molecule has 0 aromatic heterocycles. The fraction of sp³-hybridized carbons (Fsp3) is 0.625. The number of nitrogens with one attached hydrogen (secondary N) is 1. The molecule has 4 heteroatoms. The summed E-state index contributed by atoms with van der Waals surface area (Å²) in [5.74, 6) is -4.56. The van der Waals surface area contributed by atoms with Crippen molar-refractivity contribution < 1.29 is 13.6 Å². The van der Waals surface area contributed by atoms with Gasteiger partial charge in [0.05, 0.1) is 0 Å². The molecule has 0 saturated heterocycles. The van der Waals surface area contributed by atoms with Gasteiger partial charge in [0.15, 0.2) is 0 Å². The van der Waals surface area contributed by atoms with Crippen LogP contribution in [-0.2, 0) is 4.79 Å². The normalized spacial score (nSPS) is 22.1. The zero-order chi connectivity index (χ0) is 9.57. The summed E-state index contributed by atoms with van der Waals surface area (Å²) in [7, 11) is 0. The van der Waals surface area contributed by atoms with E-state index < -0.39 is 17.2 Å². The Balaban J connectivity index is 3.03. The molecule has 1 aliphatic rings. The Kier molecular flexibility index (Phi) is 1.74. The third-order valence-electron chi connectivity index (χ3n) is 1.78. The molecular weight excluding hydrogens is 164 g/mol. The van der Waals surface area contributed by atoms with Crippen LogP contribution < -0.4 is 5.32 Å². The first-order valence-electron chi connectivity index (χ1n) is 3.66. The van der Waals surface area contributed by atoms with Crippen molar-refractivity contribution in [2.75, 3.05) is 0 Å². The van der Waals surface area contributed by atoms with E-state index in [2.05, 4.69) is 0 Å². The second-order valence-corrected chi connectivity index (χ2v) is 3.86. The quantitative estimate of drug-likeness (QED) is 0.596. The van der Waals surface area contributed by atoms with E-state index in [1.807, 2.05) is 5.32 Å².